The maximum atomic E-state index is 10.6. The predicted molar refractivity (Wildman–Crippen MR) is 43.4 cm³/mol. The molecule has 0 aromatic rings. The molecule has 1 aliphatic heterocycles. The van der Waals surface area contributed by atoms with E-state index < -0.39 is 36.6 Å². The topological polar surface area (TPSA) is 119 Å². The van der Waals surface area contributed by atoms with Gasteiger partial charge in [0.05, 0.1) is 0 Å². The lowest BCUT2D eigenvalue weighted by atomic mass is 9.98. The monoisotopic (exact) mass is 207 g/mol. The molecule has 0 spiro atoms. The molecule has 0 saturated carbocycles. The Hall–Kier alpha value is -0.730. The maximum Gasteiger partial charge on any atom is 0.335 e. The van der Waals surface area contributed by atoms with Crippen molar-refractivity contribution in [2.45, 2.75) is 30.6 Å². The van der Waals surface area contributed by atoms with Crippen molar-refractivity contribution in [3.05, 3.63) is 0 Å². The second-order valence-corrected chi connectivity index (χ2v) is 3.08. The second-order valence-electron chi connectivity index (χ2n) is 3.08. The Labute approximate surface area is 79.9 Å². The lowest BCUT2D eigenvalue weighted by Crippen LogP contribution is -2.62. The Morgan fingerprint density at radius 3 is 2.21 bits per heavy atom. The molecule has 1 rings (SSSR count). The quantitative estimate of drug-likeness (QED) is 0.329. The highest BCUT2D eigenvalue weighted by atomic mass is 16.6. The molecule has 0 bridgehead atoms. The highest BCUT2D eigenvalue weighted by Crippen LogP contribution is 2.19. The summed E-state index contributed by atoms with van der Waals surface area (Å²) in [5, 5.41) is 39.0. The van der Waals surface area contributed by atoms with Crippen molar-refractivity contribution in [1.29, 1.82) is 0 Å². The molecule has 1 saturated heterocycles. The Morgan fingerprint density at radius 2 is 1.79 bits per heavy atom. The van der Waals surface area contributed by atoms with Crippen LogP contribution in [-0.2, 0) is 9.53 Å². The van der Waals surface area contributed by atoms with Gasteiger partial charge in [-0.25, -0.2) is 4.79 Å². The minimum absolute atomic E-state index is 1.01. The third-order valence-corrected chi connectivity index (χ3v) is 2.14. The molecule has 1 fully saturated rings. The number of hydrogen-bond donors (Lipinski definition) is 5. The van der Waals surface area contributed by atoms with Crippen LogP contribution in [0.2, 0.25) is 0 Å². The van der Waals surface area contributed by atoms with Gasteiger partial charge in [0, 0.05) is 0 Å². The van der Waals surface area contributed by atoms with Crippen LogP contribution in [-0.4, -0.2) is 64.1 Å². The van der Waals surface area contributed by atoms with Gasteiger partial charge in [0.2, 0.25) is 0 Å². The first-order valence-corrected chi connectivity index (χ1v) is 4.08. The lowest BCUT2D eigenvalue weighted by molar-refractivity contribution is -0.232. The van der Waals surface area contributed by atoms with Gasteiger partial charge in [-0.2, -0.15) is 0 Å². The molecule has 0 aliphatic carbocycles. The van der Waals surface area contributed by atoms with E-state index in [-0.39, 0.29) is 0 Å². The zero-order valence-electron chi connectivity index (χ0n) is 7.49. The predicted octanol–water partition coefficient (Wildman–Crippen LogP) is -2.90. The van der Waals surface area contributed by atoms with Crippen molar-refractivity contribution in [3.8, 4) is 0 Å². The minimum Gasteiger partial charge on any atom is -0.479 e. The van der Waals surface area contributed by atoms with E-state index in [1.807, 2.05) is 0 Å². The number of likely N-dealkylation sites (N-methyl/N-ethyl adjacent to an activating group) is 1. The summed E-state index contributed by atoms with van der Waals surface area (Å²) in [6, 6.07) is 0. The average molecular weight is 207 g/mol. The first-order valence-electron chi connectivity index (χ1n) is 4.08. The third-order valence-electron chi connectivity index (χ3n) is 2.14. The number of carboxylic acid groups (broad SMARTS) is 1. The number of aliphatic hydroxyl groups excluding tert-OH is 3. The van der Waals surface area contributed by atoms with E-state index in [9.17, 15) is 20.1 Å². The van der Waals surface area contributed by atoms with Crippen LogP contribution >= 0.6 is 0 Å². The summed E-state index contributed by atoms with van der Waals surface area (Å²) in [5.41, 5.74) is 0. The van der Waals surface area contributed by atoms with Crippen LogP contribution in [0.5, 0.6) is 0 Å². The van der Waals surface area contributed by atoms with Crippen molar-refractivity contribution in [2.24, 2.45) is 0 Å². The molecule has 5 atom stereocenters. The summed E-state index contributed by atoms with van der Waals surface area (Å²) in [6.45, 7) is 0. The molecule has 0 amide bonds. The minimum atomic E-state index is -1.63. The number of ether oxygens (including phenoxy) is 1. The summed E-state index contributed by atoms with van der Waals surface area (Å²) < 4.78 is 4.82. The molecule has 1 aliphatic rings. The Kier molecular flexibility index (Phi) is 3.40. The van der Waals surface area contributed by atoms with Crippen molar-refractivity contribution in [1.82, 2.24) is 5.32 Å². The van der Waals surface area contributed by atoms with Gasteiger partial charge in [-0.3, -0.25) is 5.32 Å². The average Bonchev–Trinajstić information content (AvgIpc) is 2.14. The Morgan fingerprint density at radius 1 is 1.21 bits per heavy atom. The van der Waals surface area contributed by atoms with Crippen LogP contribution < -0.4 is 5.32 Å². The fourth-order valence-corrected chi connectivity index (χ4v) is 1.32. The maximum absolute atomic E-state index is 10.6. The summed E-state index contributed by atoms with van der Waals surface area (Å²) >= 11 is 0. The molecule has 5 N–H and O–H groups in total. The molecule has 0 aromatic carbocycles. The molecule has 14 heavy (non-hydrogen) atoms. The SMILES string of the molecule is CNC1O[C@H](C(=O)O)[C@@H](O)[C@H](O)[C@H]1O. The third kappa shape index (κ3) is 1.86. The van der Waals surface area contributed by atoms with E-state index in [0.29, 0.717) is 0 Å². The number of carboxylic acids is 1. The Bertz CT molecular complexity index is 220. The largest absolute Gasteiger partial charge is 0.479 e. The van der Waals surface area contributed by atoms with Crippen molar-refractivity contribution >= 4 is 5.97 Å². The molecule has 0 aromatic heterocycles. The standard InChI is InChI=1S/C7H13NO6/c1-8-6-4(11)2(9)3(10)5(14-6)7(12)13/h2-6,8-11H,1H3,(H,12,13)/t2-,3-,4+,5-,6?/m0/s1. The van der Waals surface area contributed by atoms with E-state index in [4.69, 9.17) is 9.84 Å². The first-order chi connectivity index (χ1) is 6.49. The fourth-order valence-electron chi connectivity index (χ4n) is 1.32. The first kappa shape index (κ1) is 11.3. The molecular formula is C7H13NO6. The molecule has 82 valence electrons. The molecule has 0 radical (unpaired) electrons. The number of aliphatic carboxylic acids is 1. The number of carbonyl (C=O) groups is 1. The van der Waals surface area contributed by atoms with Gasteiger partial charge in [0.1, 0.15) is 24.5 Å². The van der Waals surface area contributed by atoms with Crippen LogP contribution in [0.25, 0.3) is 0 Å². The fraction of sp³-hybridized carbons (Fsp3) is 0.857. The zero-order valence-corrected chi connectivity index (χ0v) is 7.49. The van der Waals surface area contributed by atoms with Crippen molar-refractivity contribution < 1.29 is 30.0 Å². The summed E-state index contributed by atoms with van der Waals surface area (Å²) in [4.78, 5) is 10.6. The lowest BCUT2D eigenvalue weighted by Gasteiger charge is -2.38. The van der Waals surface area contributed by atoms with Crippen LogP contribution in [0.4, 0.5) is 0 Å². The van der Waals surface area contributed by atoms with Crippen LogP contribution in [0.15, 0.2) is 0 Å². The normalized spacial score (nSPS) is 43.6. The van der Waals surface area contributed by atoms with E-state index >= 15 is 0 Å². The molecule has 1 unspecified atom stereocenters. The molecule has 7 nitrogen and oxygen atoms in total. The molecular weight excluding hydrogens is 194 g/mol. The van der Waals surface area contributed by atoms with Crippen molar-refractivity contribution in [2.75, 3.05) is 7.05 Å². The van der Waals surface area contributed by atoms with Crippen LogP contribution in [0.3, 0.4) is 0 Å². The number of hydrogen-bond acceptors (Lipinski definition) is 6. The molecule has 7 heteroatoms. The number of nitrogens with one attached hydrogen (secondary N) is 1. The van der Waals surface area contributed by atoms with Gasteiger partial charge in [0.25, 0.3) is 0 Å². The Balaban J connectivity index is 2.78. The van der Waals surface area contributed by atoms with Crippen molar-refractivity contribution in [3.63, 3.8) is 0 Å². The smallest absolute Gasteiger partial charge is 0.335 e. The van der Waals surface area contributed by atoms with E-state index in [2.05, 4.69) is 5.32 Å². The highest BCUT2D eigenvalue weighted by Gasteiger charge is 2.46. The van der Waals surface area contributed by atoms with Crippen LogP contribution in [0, 0.1) is 0 Å². The van der Waals surface area contributed by atoms with E-state index in [1.54, 1.807) is 0 Å². The van der Waals surface area contributed by atoms with Gasteiger partial charge in [-0.15, -0.1) is 0 Å². The number of rotatable bonds is 2. The van der Waals surface area contributed by atoms with E-state index in [0.717, 1.165) is 0 Å². The van der Waals surface area contributed by atoms with Crippen LogP contribution in [0.1, 0.15) is 0 Å². The van der Waals surface area contributed by atoms with Gasteiger partial charge in [-0.05, 0) is 7.05 Å². The summed E-state index contributed by atoms with van der Waals surface area (Å²) in [6.07, 6.45) is -7.07. The van der Waals surface area contributed by atoms with Gasteiger partial charge >= 0.3 is 5.97 Å². The second kappa shape index (κ2) is 4.20. The zero-order chi connectivity index (χ0) is 10.9. The molecule has 1 heterocycles. The summed E-state index contributed by atoms with van der Waals surface area (Å²) in [5.74, 6) is -1.39. The highest BCUT2D eigenvalue weighted by molar-refractivity contribution is 5.73. The van der Waals surface area contributed by atoms with Gasteiger partial charge in [0.15, 0.2) is 6.10 Å². The van der Waals surface area contributed by atoms with Gasteiger partial charge in [-0.1, -0.05) is 0 Å². The number of aliphatic hydroxyl groups is 3. The van der Waals surface area contributed by atoms with E-state index in [1.165, 1.54) is 7.05 Å². The van der Waals surface area contributed by atoms with Gasteiger partial charge < -0.3 is 25.2 Å². The summed E-state index contributed by atoms with van der Waals surface area (Å²) in [7, 11) is 1.44.